The third-order valence-electron chi connectivity index (χ3n) is 3.40. The van der Waals surface area contributed by atoms with Gasteiger partial charge in [0.05, 0.1) is 11.0 Å². The van der Waals surface area contributed by atoms with Gasteiger partial charge in [-0.1, -0.05) is 6.07 Å². The summed E-state index contributed by atoms with van der Waals surface area (Å²) >= 11 is 2.04. The fraction of sp³-hybridized carbons (Fsp3) is 0.462. The van der Waals surface area contributed by atoms with E-state index in [4.69, 9.17) is 5.73 Å². The lowest BCUT2D eigenvalue weighted by Gasteiger charge is -2.11. The normalized spacial score (nSPS) is 20.2. The second-order valence-electron chi connectivity index (χ2n) is 4.80. The number of thioether (sulfide) groups is 1. The Bertz CT molecular complexity index is 541. The van der Waals surface area contributed by atoms with Crippen molar-refractivity contribution in [2.75, 3.05) is 17.2 Å². The minimum absolute atomic E-state index is 0.655. The van der Waals surface area contributed by atoms with Gasteiger partial charge >= 0.3 is 0 Å². The van der Waals surface area contributed by atoms with E-state index in [1.54, 1.807) is 0 Å². The Morgan fingerprint density at radius 2 is 2.41 bits per heavy atom. The van der Waals surface area contributed by atoms with Crippen molar-refractivity contribution < 1.29 is 0 Å². The largest absolute Gasteiger partial charge is 0.369 e. The summed E-state index contributed by atoms with van der Waals surface area (Å²) < 4.78 is 2.17. The van der Waals surface area contributed by atoms with Gasteiger partial charge in [0, 0.05) is 6.54 Å². The molecule has 2 N–H and O–H groups in total. The number of hydrogen-bond acceptors (Lipinski definition) is 3. The maximum absolute atomic E-state index is 6.03. The SMILES string of the molecule is Cc1ccc2c(c1)nc(N)n2CC1CCSC1. The lowest BCUT2D eigenvalue weighted by atomic mass is 10.1. The van der Waals surface area contributed by atoms with Crippen LogP contribution in [0.15, 0.2) is 18.2 Å². The van der Waals surface area contributed by atoms with Crippen LogP contribution in [0.2, 0.25) is 0 Å². The molecule has 0 saturated carbocycles. The number of aromatic nitrogens is 2. The third kappa shape index (κ3) is 2.02. The molecule has 2 aromatic rings. The number of fused-ring (bicyclic) bond motifs is 1. The van der Waals surface area contributed by atoms with E-state index in [2.05, 4.69) is 34.7 Å². The van der Waals surface area contributed by atoms with Gasteiger partial charge in [-0.3, -0.25) is 0 Å². The molecule has 1 aliphatic rings. The lowest BCUT2D eigenvalue weighted by molar-refractivity contribution is 0.505. The molecule has 1 unspecified atom stereocenters. The second-order valence-corrected chi connectivity index (χ2v) is 5.95. The molecular weight excluding hydrogens is 230 g/mol. The Labute approximate surface area is 105 Å². The van der Waals surface area contributed by atoms with Crippen LogP contribution in [0.3, 0.4) is 0 Å². The number of rotatable bonds is 2. The predicted octanol–water partition coefficient (Wildman–Crippen LogP) is 2.68. The summed E-state index contributed by atoms with van der Waals surface area (Å²) in [4.78, 5) is 4.45. The first-order valence-electron chi connectivity index (χ1n) is 6.04. The molecule has 1 aliphatic heterocycles. The molecule has 17 heavy (non-hydrogen) atoms. The van der Waals surface area contributed by atoms with Crippen molar-refractivity contribution in [3.05, 3.63) is 23.8 Å². The minimum Gasteiger partial charge on any atom is -0.369 e. The highest BCUT2D eigenvalue weighted by Crippen LogP contribution is 2.27. The summed E-state index contributed by atoms with van der Waals surface area (Å²) in [6, 6.07) is 6.37. The first-order valence-corrected chi connectivity index (χ1v) is 7.19. The van der Waals surface area contributed by atoms with E-state index in [0.717, 1.165) is 18.0 Å². The Morgan fingerprint density at radius 3 is 3.18 bits per heavy atom. The summed E-state index contributed by atoms with van der Waals surface area (Å²) in [5.41, 5.74) is 9.45. The Kier molecular flexibility index (Phi) is 2.74. The quantitative estimate of drug-likeness (QED) is 0.887. The number of anilines is 1. The summed E-state index contributed by atoms with van der Waals surface area (Å²) in [5.74, 6) is 3.95. The number of aryl methyl sites for hydroxylation is 1. The Morgan fingerprint density at radius 1 is 1.53 bits per heavy atom. The van der Waals surface area contributed by atoms with Crippen molar-refractivity contribution in [1.82, 2.24) is 9.55 Å². The van der Waals surface area contributed by atoms with Gasteiger partial charge in [-0.2, -0.15) is 11.8 Å². The zero-order valence-electron chi connectivity index (χ0n) is 10.0. The number of hydrogen-bond donors (Lipinski definition) is 1. The fourth-order valence-corrected chi connectivity index (χ4v) is 3.71. The zero-order chi connectivity index (χ0) is 11.8. The van der Waals surface area contributed by atoms with Gasteiger partial charge in [-0.25, -0.2) is 4.98 Å². The van der Waals surface area contributed by atoms with Gasteiger partial charge in [0.1, 0.15) is 0 Å². The average Bonchev–Trinajstić information content (AvgIpc) is 2.88. The highest BCUT2D eigenvalue weighted by Gasteiger charge is 2.18. The van der Waals surface area contributed by atoms with Crippen molar-refractivity contribution >= 4 is 28.7 Å². The van der Waals surface area contributed by atoms with Gasteiger partial charge in [0.15, 0.2) is 0 Å². The second kappa shape index (κ2) is 4.26. The standard InChI is InChI=1S/C13H17N3S/c1-9-2-3-12-11(6-9)15-13(14)16(12)7-10-4-5-17-8-10/h2-3,6,10H,4-5,7-8H2,1H3,(H2,14,15). The van der Waals surface area contributed by atoms with E-state index >= 15 is 0 Å². The van der Waals surface area contributed by atoms with E-state index < -0.39 is 0 Å². The van der Waals surface area contributed by atoms with Gasteiger partial charge in [-0.05, 0) is 48.5 Å². The molecule has 3 nitrogen and oxygen atoms in total. The number of nitrogens with zero attached hydrogens (tertiary/aromatic N) is 2. The lowest BCUT2D eigenvalue weighted by Crippen LogP contribution is -2.12. The molecule has 1 saturated heterocycles. The molecule has 3 rings (SSSR count). The van der Waals surface area contributed by atoms with Crippen LogP contribution in [0.25, 0.3) is 11.0 Å². The predicted molar refractivity (Wildman–Crippen MR) is 74.3 cm³/mol. The number of imidazole rings is 1. The molecule has 0 bridgehead atoms. The average molecular weight is 247 g/mol. The van der Waals surface area contributed by atoms with Crippen LogP contribution in [0.4, 0.5) is 5.95 Å². The number of benzene rings is 1. The monoisotopic (exact) mass is 247 g/mol. The van der Waals surface area contributed by atoms with E-state index in [9.17, 15) is 0 Å². The van der Waals surface area contributed by atoms with Crippen LogP contribution < -0.4 is 5.73 Å². The maximum atomic E-state index is 6.03. The highest BCUT2D eigenvalue weighted by atomic mass is 32.2. The molecule has 0 amide bonds. The van der Waals surface area contributed by atoms with Crippen LogP contribution in [0.5, 0.6) is 0 Å². The van der Waals surface area contributed by atoms with Gasteiger partial charge in [0.2, 0.25) is 5.95 Å². The summed E-state index contributed by atoms with van der Waals surface area (Å²) in [6.07, 6.45) is 1.30. The van der Waals surface area contributed by atoms with Crippen molar-refractivity contribution in [1.29, 1.82) is 0 Å². The first kappa shape index (κ1) is 11.0. The Hall–Kier alpha value is -1.16. The van der Waals surface area contributed by atoms with E-state index in [0.29, 0.717) is 5.95 Å². The van der Waals surface area contributed by atoms with Crippen LogP contribution in [-0.2, 0) is 6.54 Å². The molecule has 0 radical (unpaired) electrons. The van der Waals surface area contributed by atoms with Crippen LogP contribution in [0.1, 0.15) is 12.0 Å². The van der Waals surface area contributed by atoms with E-state index in [-0.39, 0.29) is 0 Å². The molecule has 1 atom stereocenters. The molecule has 4 heteroatoms. The maximum Gasteiger partial charge on any atom is 0.201 e. The summed E-state index contributed by atoms with van der Waals surface area (Å²) in [6.45, 7) is 3.10. The highest BCUT2D eigenvalue weighted by molar-refractivity contribution is 7.99. The topological polar surface area (TPSA) is 43.8 Å². The third-order valence-corrected chi connectivity index (χ3v) is 4.63. The van der Waals surface area contributed by atoms with Crippen molar-refractivity contribution in [2.45, 2.75) is 19.9 Å². The smallest absolute Gasteiger partial charge is 0.201 e. The molecule has 2 heterocycles. The van der Waals surface area contributed by atoms with Gasteiger partial charge < -0.3 is 10.3 Å². The number of nitrogen functional groups attached to an aromatic ring is 1. The van der Waals surface area contributed by atoms with Crippen molar-refractivity contribution in [3.8, 4) is 0 Å². The molecular formula is C13H17N3S. The molecule has 0 spiro atoms. The van der Waals surface area contributed by atoms with Crippen molar-refractivity contribution in [2.24, 2.45) is 5.92 Å². The zero-order valence-corrected chi connectivity index (χ0v) is 10.8. The van der Waals surface area contributed by atoms with Crippen molar-refractivity contribution in [3.63, 3.8) is 0 Å². The molecule has 1 fully saturated rings. The first-order chi connectivity index (χ1) is 8.24. The van der Waals surface area contributed by atoms with Crippen LogP contribution >= 0.6 is 11.8 Å². The molecule has 1 aromatic carbocycles. The fourth-order valence-electron chi connectivity index (χ4n) is 2.44. The summed E-state index contributed by atoms with van der Waals surface area (Å²) in [5, 5.41) is 0. The van der Waals surface area contributed by atoms with Gasteiger partial charge in [0.25, 0.3) is 0 Å². The Balaban J connectivity index is 1.99. The molecule has 1 aromatic heterocycles. The van der Waals surface area contributed by atoms with Crippen LogP contribution in [-0.4, -0.2) is 21.1 Å². The molecule has 90 valence electrons. The molecule has 0 aliphatic carbocycles. The number of nitrogens with two attached hydrogens (primary N) is 1. The van der Waals surface area contributed by atoms with Gasteiger partial charge in [-0.15, -0.1) is 0 Å². The van der Waals surface area contributed by atoms with Crippen LogP contribution in [0, 0.1) is 12.8 Å². The summed E-state index contributed by atoms with van der Waals surface area (Å²) in [7, 11) is 0. The van der Waals surface area contributed by atoms with E-state index in [1.807, 2.05) is 11.8 Å². The minimum atomic E-state index is 0.655. The van der Waals surface area contributed by atoms with E-state index in [1.165, 1.54) is 29.0 Å².